The molecule has 0 aromatic heterocycles. The zero-order valence-electron chi connectivity index (χ0n) is 11.7. The van der Waals surface area contributed by atoms with Gasteiger partial charge in [-0.1, -0.05) is 32.9 Å². The van der Waals surface area contributed by atoms with Gasteiger partial charge in [-0.3, -0.25) is 4.90 Å². The normalized spacial score (nSPS) is 14.8. The van der Waals surface area contributed by atoms with E-state index >= 15 is 0 Å². The van der Waals surface area contributed by atoms with Gasteiger partial charge in [0.2, 0.25) is 0 Å². The molecule has 0 bridgehead atoms. The Bertz CT molecular complexity index is 354. The van der Waals surface area contributed by atoms with Crippen molar-refractivity contribution in [2.45, 2.75) is 45.7 Å². The Labute approximate surface area is 110 Å². The van der Waals surface area contributed by atoms with Crippen LogP contribution in [0.15, 0.2) is 24.3 Å². The van der Waals surface area contributed by atoms with Crippen molar-refractivity contribution in [1.29, 1.82) is 0 Å². The van der Waals surface area contributed by atoms with Crippen molar-refractivity contribution in [3.63, 3.8) is 0 Å². The van der Waals surface area contributed by atoms with Crippen molar-refractivity contribution in [2.75, 3.05) is 13.1 Å². The Morgan fingerprint density at radius 2 is 2.00 bits per heavy atom. The highest BCUT2D eigenvalue weighted by Gasteiger charge is 2.24. The second-order valence-corrected chi connectivity index (χ2v) is 4.70. The van der Waals surface area contributed by atoms with Crippen LogP contribution in [-0.2, 0) is 0 Å². The number of rotatable bonds is 7. The smallest absolute Gasteiger partial charge is 0.123 e. The molecular weight excluding hydrogens is 227 g/mol. The molecule has 0 aliphatic heterocycles. The zero-order chi connectivity index (χ0) is 13.5. The summed E-state index contributed by atoms with van der Waals surface area (Å²) in [6.07, 6.45) is 1.97. The fraction of sp³-hybridized carbons (Fsp3) is 0.600. The van der Waals surface area contributed by atoms with E-state index in [2.05, 4.69) is 25.7 Å². The molecule has 0 spiro atoms. The van der Waals surface area contributed by atoms with Crippen LogP contribution in [0.25, 0.3) is 0 Å². The second kappa shape index (κ2) is 7.49. The maximum Gasteiger partial charge on any atom is 0.123 e. The lowest BCUT2D eigenvalue weighted by Crippen LogP contribution is -2.41. The molecule has 0 radical (unpaired) electrons. The van der Waals surface area contributed by atoms with Gasteiger partial charge in [-0.2, -0.15) is 0 Å². The van der Waals surface area contributed by atoms with E-state index in [9.17, 15) is 4.39 Å². The van der Waals surface area contributed by atoms with E-state index in [1.807, 2.05) is 6.07 Å². The molecule has 2 atom stereocenters. The third kappa shape index (κ3) is 3.79. The average Bonchev–Trinajstić information content (AvgIpc) is 2.37. The fourth-order valence-electron chi connectivity index (χ4n) is 2.42. The van der Waals surface area contributed by atoms with Crippen molar-refractivity contribution in [3.8, 4) is 0 Å². The monoisotopic (exact) mass is 252 g/mol. The first-order valence-corrected chi connectivity index (χ1v) is 6.89. The van der Waals surface area contributed by atoms with Crippen molar-refractivity contribution in [3.05, 3.63) is 35.6 Å². The number of benzene rings is 1. The Morgan fingerprint density at radius 1 is 1.28 bits per heavy atom. The highest BCUT2D eigenvalue weighted by molar-refractivity contribution is 5.22. The predicted octanol–water partition coefficient (Wildman–Crippen LogP) is 3.34. The van der Waals surface area contributed by atoms with Crippen molar-refractivity contribution < 1.29 is 4.39 Å². The fourth-order valence-corrected chi connectivity index (χ4v) is 2.42. The maximum atomic E-state index is 13.4. The molecule has 0 saturated heterocycles. The van der Waals surface area contributed by atoms with Gasteiger partial charge in [0.05, 0.1) is 0 Å². The van der Waals surface area contributed by atoms with Crippen LogP contribution in [0.3, 0.4) is 0 Å². The first-order valence-electron chi connectivity index (χ1n) is 6.89. The molecule has 1 rings (SSSR count). The Kier molecular flexibility index (Phi) is 6.30. The van der Waals surface area contributed by atoms with Gasteiger partial charge in [-0.25, -0.2) is 4.39 Å². The maximum absolute atomic E-state index is 13.4. The van der Waals surface area contributed by atoms with Crippen LogP contribution in [0.2, 0.25) is 0 Å². The minimum absolute atomic E-state index is 0.0401. The van der Waals surface area contributed by atoms with Crippen LogP contribution in [-0.4, -0.2) is 24.0 Å². The summed E-state index contributed by atoms with van der Waals surface area (Å²) in [5, 5.41) is 0. The Morgan fingerprint density at radius 3 is 2.50 bits per heavy atom. The van der Waals surface area contributed by atoms with E-state index < -0.39 is 0 Å². The van der Waals surface area contributed by atoms with Gasteiger partial charge in [0.1, 0.15) is 5.82 Å². The largest absolute Gasteiger partial charge is 0.326 e. The van der Waals surface area contributed by atoms with Crippen molar-refractivity contribution in [1.82, 2.24) is 4.90 Å². The van der Waals surface area contributed by atoms with Crippen molar-refractivity contribution in [2.24, 2.45) is 5.73 Å². The van der Waals surface area contributed by atoms with Crippen molar-refractivity contribution >= 4 is 0 Å². The summed E-state index contributed by atoms with van der Waals surface area (Å²) in [5.74, 6) is -0.187. The minimum atomic E-state index is -0.187. The number of likely N-dealkylation sites (N-methyl/N-ethyl adjacent to an activating group) is 1. The Hall–Kier alpha value is -0.930. The molecule has 3 heteroatoms. The third-order valence-electron chi connectivity index (χ3n) is 3.38. The molecular formula is C15H25FN2. The lowest BCUT2D eigenvalue weighted by molar-refractivity contribution is 0.178. The van der Waals surface area contributed by atoms with Gasteiger partial charge in [-0.15, -0.1) is 0 Å². The highest BCUT2D eigenvalue weighted by atomic mass is 19.1. The summed E-state index contributed by atoms with van der Waals surface area (Å²) in [7, 11) is 0. The lowest BCUT2D eigenvalue weighted by atomic mass is 9.96. The van der Waals surface area contributed by atoms with E-state index in [1.54, 1.807) is 12.1 Å². The van der Waals surface area contributed by atoms with Gasteiger partial charge < -0.3 is 5.73 Å². The van der Waals surface area contributed by atoms with Crippen LogP contribution < -0.4 is 5.73 Å². The van der Waals surface area contributed by atoms with Crippen LogP contribution in [0.5, 0.6) is 0 Å². The summed E-state index contributed by atoms with van der Waals surface area (Å²) in [4.78, 5) is 2.34. The van der Waals surface area contributed by atoms with Gasteiger partial charge in [-0.05, 0) is 43.6 Å². The number of halogens is 1. The van der Waals surface area contributed by atoms with Crippen LogP contribution in [0.4, 0.5) is 4.39 Å². The Balaban J connectivity index is 3.03. The molecule has 0 aliphatic carbocycles. The van der Waals surface area contributed by atoms with E-state index in [0.29, 0.717) is 0 Å². The average molecular weight is 252 g/mol. The molecule has 102 valence electrons. The van der Waals surface area contributed by atoms with E-state index in [-0.39, 0.29) is 17.9 Å². The van der Waals surface area contributed by atoms with Gasteiger partial charge >= 0.3 is 0 Å². The minimum Gasteiger partial charge on any atom is -0.326 e. The summed E-state index contributed by atoms with van der Waals surface area (Å²) in [6, 6.07) is 6.97. The van der Waals surface area contributed by atoms with E-state index in [0.717, 1.165) is 31.5 Å². The molecule has 2 unspecified atom stereocenters. The lowest BCUT2D eigenvalue weighted by Gasteiger charge is -2.34. The quantitative estimate of drug-likeness (QED) is 0.806. The van der Waals surface area contributed by atoms with Crippen LogP contribution in [0.1, 0.15) is 45.2 Å². The molecule has 1 aromatic rings. The van der Waals surface area contributed by atoms with E-state index in [4.69, 9.17) is 5.73 Å². The summed E-state index contributed by atoms with van der Waals surface area (Å²) in [6.45, 7) is 8.29. The molecule has 0 heterocycles. The molecule has 0 aliphatic rings. The predicted molar refractivity (Wildman–Crippen MR) is 74.9 cm³/mol. The standard InChI is InChI=1S/C15H25FN2/c1-4-10-18(6-3)15(14(17)5-2)12-8-7-9-13(16)11-12/h7-9,11,14-15H,4-6,10,17H2,1-3H3. The van der Waals surface area contributed by atoms with Crippen LogP contribution in [0, 0.1) is 5.82 Å². The molecule has 2 nitrogen and oxygen atoms in total. The van der Waals surface area contributed by atoms with Gasteiger partial charge in [0, 0.05) is 12.1 Å². The zero-order valence-corrected chi connectivity index (χ0v) is 11.7. The summed E-state index contributed by atoms with van der Waals surface area (Å²) < 4.78 is 13.4. The van der Waals surface area contributed by atoms with E-state index in [1.165, 1.54) is 6.07 Å². The molecule has 0 amide bonds. The molecule has 1 aromatic carbocycles. The first-order chi connectivity index (χ1) is 8.63. The number of hydrogen-bond acceptors (Lipinski definition) is 2. The second-order valence-electron chi connectivity index (χ2n) is 4.70. The summed E-state index contributed by atoms with van der Waals surface area (Å²) in [5.41, 5.74) is 7.23. The first kappa shape index (κ1) is 15.1. The highest BCUT2D eigenvalue weighted by Crippen LogP contribution is 2.25. The molecule has 2 N–H and O–H groups in total. The molecule has 0 saturated carbocycles. The summed E-state index contributed by atoms with van der Waals surface area (Å²) >= 11 is 0. The SMILES string of the molecule is CCCN(CC)C(c1cccc(F)c1)C(N)CC. The third-order valence-corrected chi connectivity index (χ3v) is 3.38. The van der Waals surface area contributed by atoms with Crippen LogP contribution >= 0.6 is 0 Å². The number of nitrogens with two attached hydrogens (primary N) is 1. The van der Waals surface area contributed by atoms with Gasteiger partial charge in [0.25, 0.3) is 0 Å². The number of nitrogens with zero attached hydrogens (tertiary/aromatic N) is 1. The molecule has 0 fully saturated rings. The van der Waals surface area contributed by atoms with Gasteiger partial charge in [0.15, 0.2) is 0 Å². The number of hydrogen-bond donors (Lipinski definition) is 1. The topological polar surface area (TPSA) is 29.3 Å². The molecule has 18 heavy (non-hydrogen) atoms.